The van der Waals surface area contributed by atoms with Crippen LogP contribution in [0.15, 0.2) is 34.5 Å². The van der Waals surface area contributed by atoms with E-state index < -0.39 is 15.8 Å². The summed E-state index contributed by atoms with van der Waals surface area (Å²) in [6.45, 7) is 3.41. The maximum atomic E-state index is 13.1. The van der Waals surface area contributed by atoms with Crippen LogP contribution in [-0.2, 0) is 16.6 Å². The fourth-order valence-corrected chi connectivity index (χ4v) is 4.17. The van der Waals surface area contributed by atoms with E-state index in [2.05, 4.69) is 10.0 Å². The Labute approximate surface area is 132 Å². The van der Waals surface area contributed by atoms with Gasteiger partial charge in [0.05, 0.1) is 10.7 Å². The van der Waals surface area contributed by atoms with Crippen molar-refractivity contribution in [3.8, 4) is 0 Å². The van der Waals surface area contributed by atoms with Crippen molar-refractivity contribution in [2.45, 2.75) is 17.7 Å². The van der Waals surface area contributed by atoms with Crippen molar-refractivity contribution >= 4 is 38.6 Å². The molecule has 0 aliphatic heterocycles. The molecule has 0 aliphatic carbocycles. The molecule has 0 saturated heterocycles. The van der Waals surface area contributed by atoms with Crippen molar-refractivity contribution in [3.05, 3.63) is 46.0 Å². The lowest BCUT2D eigenvalue weighted by Gasteiger charge is -2.06. The summed E-state index contributed by atoms with van der Waals surface area (Å²) in [5.41, 5.74) is 0.225. The molecular formula is C13H14ClFN2O2S2. The van der Waals surface area contributed by atoms with Crippen LogP contribution in [0.4, 0.5) is 10.1 Å². The third-order valence-electron chi connectivity index (χ3n) is 2.62. The maximum Gasteiger partial charge on any atom is 0.271 e. The molecule has 1 heterocycles. The molecule has 114 valence electrons. The van der Waals surface area contributed by atoms with Crippen LogP contribution in [0.5, 0.6) is 0 Å². The highest BCUT2D eigenvalue weighted by Crippen LogP contribution is 2.26. The first-order valence-electron chi connectivity index (χ1n) is 6.19. The lowest BCUT2D eigenvalue weighted by molar-refractivity contribution is 0.603. The molecule has 21 heavy (non-hydrogen) atoms. The van der Waals surface area contributed by atoms with E-state index in [1.54, 1.807) is 12.1 Å². The van der Waals surface area contributed by atoms with Gasteiger partial charge in [-0.05, 0) is 36.9 Å². The first kappa shape index (κ1) is 16.2. The molecule has 0 bridgehead atoms. The second-order valence-electron chi connectivity index (χ2n) is 4.24. The summed E-state index contributed by atoms with van der Waals surface area (Å²) in [7, 11) is -3.69. The number of hydrogen-bond acceptors (Lipinski definition) is 4. The molecule has 0 aliphatic rings. The van der Waals surface area contributed by atoms with Crippen molar-refractivity contribution in [2.75, 3.05) is 11.3 Å². The summed E-state index contributed by atoms with van der Waals surface area (Å²) in [6.07, 6.45) is 0. The molecule has 2 rings (SSSR count). The number of benzene rings is 1. The van der Waals surface area contributed by atoms with Crippen LogP contribution < -0.4 is 10.0 Å². The summed E-state index contributed by atoms with van der Waals surface area (Å²) in [4.78, 5) is 0.925. The number of rotatable bonds is 6. The van der Waals surface area contributed by atoms with Crippen LogP contribution in [-0.4, -0.2) is 15.0 Å². The SMILES string of the molecule is CCNCc1ccc(S(=O)(=O)Nc2ccc(F)c(Cl)c2)s1. The maximum absolute atomic E-state index is 13.1. The van der Waals surface area contributed by atoms with Crippen molar-refractivity contribution < 1.29 is 12.8 Å². The number of anilines is 1. The zero-order valence-corrected chi connectivity index (χ0v) is 13.6. The molecule has 0 fully saturated rings. The topological polar surface area (TPSA) is 58.2 Å². The second kappa shape index (κ2) is 6.74. The number of nitrogens with one attached hydrogen (secondary N) is 2. The van der Waals surface area contributed by atoms with Gasteiger partial charge in [-0.1, -0.05) is 18.5 Å². The molecule has 0 amide bonds. The van der Waals surface area contributed by atoms with E-state index in [9.17, 15) is 12.8 Å². The molecule has 0 atom stereocenters. The predicted octanol–water partition coefficient (Wildman–Crippen LogP) is 3.45. The third kappa shape index (κ3) is 4.16. The Morgan fingerprint density at radius 1 is 1.29 bits per heavy atom. The molecule has 0 spiro atoms. The van der Waals surface area contributed by atoms with E-state index in [1.165, 1.54) is 23.5 Å². The van der Waals surface area contributed by atoms with Crippen molar-refractivity contribution in [2.24, 2.45) is 0 Å². The minimum Gasteiger partial charge on any atom is -0.312 e. The van der Waals surface area contributed by atoms with Crippen LogP contribution in [0.1, 0.15) is 11.8 Å². The Morgan fingerprint density at radius 3 is 2.71 bits per heavy atom. The summed E-state index contributed by atoms with van der Waals surface area (Å²) in [5.74, 6) is -0.594. The van der Waals surface area contributed by atoms with Gasteiger partial charge in [0.2, 0.25) is 0 Å². The number of hydrogen-bond donors (Lipinski definition) is 2. The van der Waals surface area contributed by atoms with Gasteiger partial charge in [-0.2, -0.15) is 0 Å². The smallest absolute Gasteiger partial charge is 0.271 e. The zero-order chi connectivity index (χ0) is 15.5. The number of thiophene rings is 1. The molecule has 8 heteroatoms. The lowest BCUT2D eigenvalue weighted by atomic mass is 10.3. The van der Waals surface area contributed by atoms with E-state index in [-0.39, 0.29) is 14.9 Å². The van der Waals surface area contributed by atoms with Crippen molar-refractivity contribution in [1.82, 2.24) is 5.32 Å². The number of sulfonamides is 1. The predicted molar refractivity (Wildman–Crippen MR) is 83.9 cm³/mol. The fourth-order valence-electron chi connectivity index (χ4n) is 1.61. The van der Waals surface area contributed by atoms with Crippen LogP contribution in [0, 0.1) is 5.82 Å². The van der Waals surface area contributed by atoms with Gasteiger partial charge >= 0.3 is 0 Å². The first-order valence-corrected chi connectivity index (χ1v) is 8.87. The van der Waals surface area contributed by atoms with Crippen LogP contribution in [0.3, 0.4) is 0 Å². The van der Waals surface area contributed by atoms with Crippen LogP contribution >= 0.6 is 22.9 Å². The highest BCUT2D eigenvalue weighted by molar-refractivity contribution is 7.94. The zero-order valence-electron chi connectivity index (χ0n) is 11.2. The van der Waals surface area contributed by atoms with E-state index in [0.717, 1.165) is 17.5 Å². The molecule has 1 aromatic heterocycles. The van der Waals surface area contributed by atoms with Gasteiger partial charge in [0.25, 0.3) is 10.0 Å². The van der Waals surface area contributed by atoms with Crippen molar-refractivity contribution in [1.29, 1.82) is 0 Å². The van der Waals surface area contributed by atoms with Crippen molar-refractivity contribution in [3.63, 3.8) is 0 Å². The Bertz CT molecular complexity index is 732. The molecule has 4 nitrogen and oxygen atoms in total. The Kier molecular flexibility index (Phi) is 5.21. The van der Waals surface area contributed by atoms with E-state index >= 15 is 0 Å². The van der Waals surface area contributed by atoms with E-state index in [1.807, 2.05) is 6.92 Å². The Morgan fingerprint density at radius 2 is 2.05 bits per heavy atom. The van der Waals surface area contributed by atoms with E-state index in [4.69, 9.17) is 11.6 Å². The highest BCUT2D eigenvalue weighted by atomic mass is 35.5. The fraction of sp³-hybridized carbons (Fsp3) is 0.231. The normalized spacial score (nSPS) is 11.6. The quantitative estimate of drug-likeness (QED) is 0.840. The molecule has 0 saturated carbocycles. The largest absolute Gasteiger partial charge is 0.312 e. The van der Waals surface area contributed by atoms with Gasteiger partial charge < -0.3 is 5.32 Å². The Balaban J connectivity index is 2.17. The molecular weight excluding hydrogens is 335 g/mol. The summed E-state index contributed by atoms with van der Waals surface area (Å²) < 4.78 is 40.1. The van der Waals surface area contributed by atoms with Gasteiger partial charge in [-0.25, -0.2) is 12.8 Å². The first-order chi connectivity index (χ1) is 9.92. The monoisotopic (exact) mass is 348 g/mol. The Hall–Kier alpha value is -1.15. The molecule has 2 aromatic rings. The van der Waals surface area contributed by atoms with E-state index in [0.29, 0.717) is 6.54 Å². The van der Waals surface area contributed by atoms with Crippen LogP contribution in [0.25, 0.3) is 0 Å². The molecule has 0 unspecified atom stereocenters. The molecule has 2 N–H and O–H groups in total. The third-order valence-corrected chi connectivity index (χ3v) is 5.87. The number of halogens is 2. The minimum absolute atomic E-state index is 0.130. The van der Waals surface area contributed by atoms with Gasteiger partial charge in [0.1, 0.15) is 10.0 Å². The van der Waals surface area contributed by atoms with Gasteiger partial charge in [-0.3, -0.25) is 4.72 Å². The average molecular weight is 349 g/mol. The summed E-state index contributed by atoms with van der Waals surface area (Å²) >= 11 is 6.82. The molecule has 0 radical (unpaired) electrons. The van der Waals surface area contributed by atoms with Crippen LogP contribution in [0.2, 0.25) is 5.02 Å². The minimum atomic E-state index is -3.69. The standard InChI is InChI=1S/C13H14ClFN2O2S2/c1-2-16-8-10-4-6-13(20-10)21(18,19)17-9-3-5-12(15)11(14)7-9/h3-7,16-17H,2,8H2,1H3. The van der Waals surface area contributed by atoms with Gasteiger partial charge in [0, 0.05) is 11.4 Å². The van der Waals surface area contributed by atoms with Gasteiger partial charge in [0.15, 0.2) is 0 Å². The summed E-state index contributed by atoms with van der Waals surface area (Å²) in [5, 5.41) is 3.00. The van der Waals surface area contributed by atoms with Gasteiger partial charge in [-0.15, -0.1) is 11.3 Å². The molecule has 1 aromatic carbocycles. The average Bonchev–Trinajstić information content (AvgIpc) is 2.90. The summed E-state index contributed by atoms with van der Waals surface area (Å²) in [6, 6.07) is 6.99. The highest BCUT2D eigenvalue weighted by Gasteiger charge is 2.17. The lowest BCUT2D eigenvalue weighted by Crippen LogP contribution is -2.12. The second-order valence-corrected chi connectivity index (χ2v) is 7.72.